The minimum atomic E-state index is 0.0345. The third-order valence-electron chi connectivity index (χ3n) is 8.12. The van der Waals surface area contributed by atoms with E-state index in [9.17, 15) is 0 Å². The average molecular weight is 473 g/mol. The molecule has 2 aliphatic heterocycles. The van der Waals surface area contributed by atoms with Crippen LogP contribution in [0.2, 0.25) is 0 Å². The fraction of sp³-hybridized carbons (Fsp3) is 0.118. The van der Waals surface area contributed by atoms with Gasteiger partial charge in [0.1, 0.15) is 0 Å². The summed E-state index contributed by atoms with van der Waals surface area (Å²) in [7, 11) is 0. The minimum Gasteiger partial charge on any atom is -0.313 e. The summed E-state index contributed by atoms with van der Waals surface area (Å²) in [5.41, 5.74) is 13.6. The molecule has 0 aromatic heterocycles. The minimum absolute atomic E-state index is 0.0345. The fourth-order valence-electron chi connectivity index (χ4n) is 6.40. The van der Waals surface area contributed by atoms with E-state index in [1.165, 1.54) is 55.4 Å². The molecule has 0 fully saturated rings. The molecule has 7 rings (SSSR count). The Balaban J connectivity index is 1.63. The highest BCUT2D eigenvalue weighted by Gasteiger charge is 2.43. The highest BCUT2D eigenvalue weighted by Crippen LogP contribution is 2.38. The SMILES string of the molecule is CC(C)(C)c1cc2c3c(c1)B(c1ccccc1)c1ccccc1N3c1ccccc1B2c1ccccc1. The van der Waals surface area contributed by atoms with Gasteiger partial charge < -0.3 is 4.90 Å². The molecular weight excluding hydrogens is 444 g/mol. The summed E-state index contributed by atoms with van der Waals surface area (Å²) in [6.07, 6.45) is 0. The van der Waals surface area contributed by atoms with Crippen molar-refractivity contribution in [2.24, 2.45) is 0 Å². The zero-order chi connectivity index (χ0) is 25.1. The third kappa shape index (κ3) is 3.41. The molecule has 0 amide bonds. The van der Waals surface area contributed by atoms with Crippen molar-refractivity contribution < 1.29 is 0 Å². The van der Waals surface area contributed by atoms with Gasteiger partial charge in [0.15, 0.2) is 0 Å². The van der Waals surface area contributed by atoms with E-state index < -0.39 is 0 Å². The molecule has 0 bridgehead atoms. The molecule has 0 aliphatic carbocycles. The van der Waals surface area contributed by atoms with Gasteiger partial charge in [-0.15, -0.1) is 0 Å². The van der Waals surface area contributed by atoms with Gasteiger partial charge in [-0.1, -0.05) is 141 Å². The molecule has 2 heterocycles. The highest BCUT2D eigenvalue weighted by molar-refractivity contribution is 7.02. The van der Waals surface area contributed by atoms with Crippen LogP contribution < -0.4 is 37.7 Å². The lowest BCUT2D eigenvalue weighted by Crippen LogP contribution is -2.65. The van der Waals surface area contributed by atoms with Crippen molar-refractivity contribution in [1.82, 2.24) is 0 Å². The summed E-state index contributed by atoms with van der Waals surface area (Å²) in [4.78, 5) is 2.54. The lowest BCUT2D eigenvalue weighted by molar-refractivity contribution is 0.591. The molecule has 0 saturated carbocycles. The molecule has 0 saturated heterocycles. The summed E-state index contributed by atoms with van der Waals surface area (Å²) in [6, 6.07) is 45.1. The van der Waals surface area contributed by atoms with Gasteiger partial charge in [0.05, 0.1) is 0 Å². The monoisotopic (exact) mass is 473 g/mol. The standard InChI is InChI=1S/C34H29B2N/c1-34(2,3)24-22-29-33-30(23-24)36(26-16-8-5-9-17-26)28-19-11-13-21-32(28)37(33)31-20-12-10-18-27(31)35(29)25-14-6-4-7-15-25/h4-23H,1-3H3. The average Bonchev–Trinajstić information content (AvgIpc) is 2.93. The Kier molecular flexibility index (Phi) is 4.98. The van der Waals surface area contributed by atoms with Crippen molar-refractivity contribution in [3.05, 3.63) is 127 Å². The van der Waals surface area contributed by atoms with Gasteiger partial charge in [-0.3, -0.25) is 0 Å². The Hall–Kier alpha value is -3.97. The van der Waals surface area contributed by atoms with Crippen LogP contribution in [0.5, 0.6) is 0 Å². The Morgan fingerprint density at radius 1 is 0.486 bits per heavy atom. The quantitative estimate of drug-likeness (QED) is 0.342. The largest absolute Gasteiger partial charge is 0.313 e. The van der Waals surface area contributed by atoms with E-state index in [4.69, 9.17) is 0 Å². The second-order valence-corrected chi connectivity index (χ2v) is 11.4. The summed E-state index contributed by atoms with van der Waals surface area (Å²) in [5, 5.41) is 0. The van der Waals surface area contributed by atoms with E-state index in [1.807, 2.05) is 0 Å². The van der Waals surface area contributed by atoms with Crippen molar-refractivity contribution >= 4 is 63.3 Å². The Morgan fingerprint density at radius 3 is 1.32 bits per heavy atom. The smallest absolute Gasteiger partial charge is 0.246 e. The zero-order valence-corrected chi connectivity index (χ0v) is 21.6. The Morgan fingerprint density at radius 2 is 0.892 bits per heavy atom. The molecule has 0 spiro atoms. The molecule has 0 N–H and O–H groups in total. The first-order valence-electron chi connectivity index (χ1n) is 13.3. The van der Waals surface area contributed by atoms with Crippen LogP contribution in [0, 0.1) is 0 Å². The van der Waals surface area contributed by atoms with Crippen LogP contribution >= 0.6 is 0 Å². The number of nitrogens with zero attached hydrogens (tertiary/aromatic N) is 1. The van der Waals surface area contributed by atoms with Gasteiger partial charge in [0, 0.05) is 17.1 Å². The highest BCUT2D eigenvalue weighted by atomic mass is 15.2. The molecule has 0 atom stereocenters. The van der Waals surface area contributed by atoms with Crippen LogP contribution in [0.25, 0.3) is 0 Å². The maximum absolute atomic E-state index is 2.54. The first-order chi connectivity index (χ1) is 18.0. The van der Waals surface area contributed by atoms with Gasteiger partial charge in [-0.2, -0.15) is 0 Å². The van der Waals surface area contributed by atoms with Gasteiger partial charge >= 0.3 is 0 Å². The predicted octanol–water partition coefficient (Wildman–Crippen LogP) is 4.11. The Bertz CT molecular complexity index is 1510. The van der Waals surface area contributed by atoms with Gasteiger partial charge in [-0.05, 0) is 45.0 Å². The van der Waals surface area contributed by atoms with Crippen molar-refractivity contribution in [2.75, 3.05) is 4.90 Å². The summed E-state index contributed by atoms with van der Waals surface area (Å²) >= 11 is 0. The normalized spacial score (nSPS) is 13.6. The van der Waals surface area contributed by atoms with E-state index in [-0.39, 0.29) is 18.8 Å². The number of benzene rings is 5. The van der Waals surface area contributed by atoms with Crippen molar-refractivity contribution in [3.63, 3.8) is 0 Å². The number of rotatable bonds is 2. The van der Waals surface area contributed by atoms with E-state index in [0.29, 0.717) is 0 Å². The molecule has 5 aromatic carbocycles. The first kappa shape index (κ1) is 22.2. The number of fused-ring (bicyclic) bond motifs is 4. The van der Waals surface area contributed by atoms with Gasteiger partial charge in [0.25, 0.3) is 0 Å². The third-order valence-corrected chi connectivity index (χ3v) is 8.12. The summed E-state index contributed by atoms with van der Waals surface area (Å²) in [6.45, 7) is 7.38. The molecule has 2 aliphatic rings. The molecule has 1 nitrogen and oxygen atoms in total. The number of hydrogen-bond acceptors (Lipinski definition) is 1. The summed E-state index contributed by atoms with van der Waals surface area (Å²) in [5.74, 6) is 0. The molecule has 3 heteroatoms. The maximum atomic E-state index is 2.54. The molecule has 5 aromatic rings. The fourth-order valence-corrected chi connectivity index (χ4v) is 6.40. The maximum Gasteiger partial charge on any atom is 0.246 e. The second kappa shape index (κ2) is 8.28. The van der Waals surface area contributed by atoms with Crippen LogP contribution in [0.4, 0.5) is 17.1 Å². The lowest BCUT2D eigenvalue weighted by Gasteiger charge is -2.44. The molecular formula is C34H29B2N. The number of anilines is 3. The van der Waals surface area contributed by atoms with Crippen LogP contribution in [-0.2, 0) is 5.41 Å². The van der Waals surface area contributed by atoms with E-state index in [1.54, 1.807) is 0 Å². The van der Waals surface area contributed by atoms with E-state index in [2.05, 4.69) is 147 Å². The molecule has 0 unspecified atom stereocenters. The molecule has 37 heavy (non-hydrogen) atoms. The molecule has 0 radical (unpaired) electrons. The summed E-state index contributed by atoms with van der Waals surface area (Å²) < 4.78 is 0. The lowest BCUT2D eigenvalue weighted by atomic mass is 9.30. The van der Waals surface area contributed by atoms with Gasteiger partial charge in [-0.25, -0.2) is 0 Å². The number of hydrogen-bond donors (Lipinski definition) is 0. The van der Waals surface area contributed by atoms with Crippen molar-refractivity contribution in [3.8, 4) is 0 Å². The van der Waals surface area contributed by atoms with E-state index in [0.717, 1.165) is 0 Å². The zero-order valence-electron chi connectivity index (χ0n) is 21.6. The van der Waals surface area contributed by atoms with Crippen molar-refractivity contribution in [2.45, 2.75) is 26.2 Å². The van der Waals surface area contributed by atoms with Crippen LogP contribution in [0.3, 0.4) is 0 Å². The van der Waals surface area contributed by atoms with E-state index >= 15 is 0 Å². The first-order valence-corrected chi connectivity index (χ1v) is 13.3. The second-order valence-electron chi connectivity index (χ2n) is 11.4. The molecule has 176 valence electrons. The predicted molar refractivity (Wildman–Crippen MR) is 162 cm³/mol. The van der Waals surface area contributed by atoms with Crippen LogP contribution in [0.15, 0.2) is 121 Å². The van der Waals surface area contributed by atoms with Crippen LogP contribution in [0.1, 0.15) is 26.3 Å². The van der Waals surface area contributed by atoms with Gasteiger partial charge in [0.2, 0.25) is 13.4 Å². The van der Waals surface area contributed by atoms with Crippen molar-refractivity contribution in [1.29, 1.82) is 0 Å². The topological polar surface area (TPSA) is 3.24 Å². The van der Waals surface area contributed by atoms with Crippen LogP contribution in [-0.4, -0.2) is 13.4 Å². The Labute approximate surface area is 221 Å². The number of para-hydroxylation sites is 2.